The SMILES string of the molecule is COC1(C(=O)O)CCc2ccc(Cl)cc2C1. The van der Waals surface area contributed by atoms with Crippen LogP contribution in [0.5, 0.6) is 0 Å². The van der Waals surface area contributed by atoms with Crippen molar-refractivity contribution >= 4 is 17.6 Å². The van der Waals surface area contributed by atoms with E-state index in [0.29, 0.717) is 24.3 Å². The van der Waals surface area contributed by atoms with E-state index in [1.165, 1.54) is 12.7 Å². The van der Waals surface area contributed by atoms with Crippen LogP contribution in [0, 0.1) is 0 Å². The van der Waals surface area contributed by atoms with Crippen LogP contribution in [-0.2, 0) is 22.4 Å². The minimum absolute atomic E-state index is 0.384. The zero-order valence-corrected chi connectivity index (χ0v) is 9.75. The molecule has 1 aliphatic rings. The lowest BCUT2D eigenvalue weighted by molar-refractivity contribution is -0.163. The Kier molecular flexibility index (Phi) is 2.91. The Morgan fingerprint density at radius 3 is 2.88 bits per heavy atom. The zero-order valence-electron chi connectivity index (χ0n) is 9.00. The lowest BCUT2D eigenvalue weighted by Gasteiger charge is -2.33. The number of fused-ring (bicyclic) bond motifs is 1. The second-order valence-corrected chi connectivity index (χ2v) is 4.53. The summed E-state index contributed by atoms with van der Waals surface area (Å²) in [5, 5.41) is 9.86. The summed E-state index contributed by atoms with van der Waals surface area (Å²) in [6.07, 6.45) is 1.61. The van der Waals surface area contributed by atoms with E-state index in [1.54, 1.807) is 0 Å². The van der Waals surface area contributed by atoms with Gasteiger partial charge in [-0.1, -0.05) is 17.7 Å². The number of carboxylic acids is 1. The summed E-state index contributed by atoms with van der Waals surface area (Å²) in [4.78, 5) is 11.2. The number of halogens is 1. The average molecular weight is 241 g/mol. The van der Waals surface area contributed by atoms with Crippen LogP contribution in [0.1, 0.15) is 17.5 Å². The molecule has 0 spiro atoms. The van der Waals surface area contributed by atoms with E-state index in [0.717, 1.165) is 5.56 Å². The first-order valence-electron chi connectivity index (χ1n) is 5.13. The molecule has 0 saturated carbocycles. The van der Waals surface area contributed by atoms with Crippen LogP contribution in [0.4, 0.5) is 0 Å². The van der Waals surface area contributed by atoms with Gasteiger partial charge in [-0.25, -0.2) is 4.79 Å². The van der Waals surface area contributed by atoms with Crippen molar-refractivity contribution in [1.29, 1.82) is 0 Å². The van der Waals surface area contributed by atoms with Gasteiger partial charge in [-0.15, -0.1) is 0 Å². The van der Waals surface area contributed by atoms with Gasteiger partial charge in [-0.3, -0.25) is 0 Å². The molecule has 0 aliphatic heterocycles. The van der Waals surface area contributed by atoms with Crippen molar-refractivity contribution in [3.63, 3.8) is 0 Å². The number of aliphatic carboxylic acids is 1. The third-order valence-corrected chi connectivity index (χ3v) is 3.46. The second kappa shape index (κ2) is 4.07. The van der Waals surface area contributed by atoms with Crippen molar-refractivity contribution in [1.82, 2.24) is 0 Å². The van der Waals surface area contributed by atoms with E-state index < -0.39 is 11.6 Å². The van der Waals surface area contributed by atoms with Gasteiger partial charge in [0.1, 0.15) is 0 Å². The molecular formula is C12H13ClO3. The summed E-state index contributed by atoms with van der Waals surface area (Å²) in [5.74, 6) is -0.902. The van der Waals surface area contributed by atoms with Crippen LogP contribution >= 0.6 is 11.6 Å². The third kappa shape index (κ3) is 1.81. The molecule has 86 valence electrons. The number of hydrogen-bond acceptors (Lipinski definition) is 2. The van der Waals surface area contributed by atoms with Gasteiger partial charge >= 0.3 is 5.97 Å². The van der Waals surface area contributed by atoms with Crippen molar-refractivity contribution in [3.05, 3.63) is 34.3 Å². The molecule has 0 saturated heterocycles. The lowest BCUT2D eigenvalue weighted by atomic mass is 9.80. The molecule has 0 amide bonds. The number of carbonyl (C=O) groups is 1. The standard InChI is InChI=1S/C12H13ClO3/c1-16-12(11(14)15)5-4-8-2-3-10(13)6-9(8)7-12/h2-3,6H,4-5,7H2,1H3,(H,14,15). The zero-order chi connectivity index (χ0) is 11.8. The second-order valence-electron chi connectivity index (χ2n) is 4.09. The Morgan fingerprint density at radius 1 is 1.50 bits per heavy atom. The maximum Gasteiger partial charge on any atom is 0.336 e. The van der Waals surface area contributed by atoms with E-state index in [9.17, 15) is 9.90 Å². The Hall–Kier alpha value is -1.06. The molecule has 1 aliphatic carbocycles. The lowest BCUT2D eigenvalue weighted by Crippen LogP contribution is -2.45. The molecule has 0 aromatic heterocycles. The van der Waals surface area contributed by atoms with Crippen LogP contribution < -0.4 is 0 Å². The van der Waals surface area contributed by atoms with Gasteiger partial charge in [0.2, 0.25) is 0 Å². The van der Waals surface area contributed by atoms with Gasteiger partial charge in [0, 0.05) is 18.6 Å². The molecule has 16 heavy (non-hydrogen) atoms. The fourth-order valence-corrected chi connectivity index (χ4v) is 2.37. The summed E-state index contributed by atoms with van der Waals surface area (Å²) >= 11 is 5.90. The number of carboxylic acid groups (broad SMARTS) is 1. The van der Waals surface area contributed by atoms with Gasteiger partial charge in [0.15, 0.2) is 5.60 Å². The monoisotopic (exact) mass is 240 g/mol. The fraction of sp³-hybridized carbons (Fsp3) is 0.417. The quantitative estimate of drug-likeness (QED) is 0.863. The van der Waals surface area contributed by atoms with Gasteiger partial charge < -0.3 is 9.84 Å². The first-order valence-corrected chi connectivity index (χ1v) is 5.51. The Bertz CT molecular complexity index is 430. The minimum Gasteiger partial charge on any atom is -0.479 e. The Balaban J connectivity index is 2.38. The molecule has 0 bridgehead atoms. The predicted molar refractivity (Wildman–Crippen MR) is 60.9 cm³/mol. The summed E-state index contributed by atoms with van der Waals surface area (Å²) in [7, 11) is 1.45. The van der Waals surface area contributed by atoms with Gasteiger partial charge in [0.05, 0.1) is 0 Å². The number of aryl methyl sites for hydroxylation is 1. The summed E-state index contributed by atoms with van der Waals surface area (Å²) < 4.78 is 5.19. The molecule has 1 atom stereocenters. The fourth-order valence-electron chi connectivity index (χ4n) is 2.18. The highest BCUT2D eigenvalue weighted by Gasteiger charge is 2.41. The molecule has 1 aromatic carbocycles. The highest BCUT2D eigenvalue weighted by Crippen LogP contribution is 2.32. The highest BCUT2D eigenvalue weighted by atomic mass is 35.5. The summed E-state index contributed by atoms with van der Waals surface area (Å²) in [6, 6.07) is 5.62. The molecule has 0 radical (unpaired) electrons. The maximum atomic E-state index is 11.2. The maximum absolute atomic E-state index is 11.2. The smallest absolute Gasteiger partial charge is 0.336 e. The number of benzene rings is 1. The van der Waals surface area contributed by atoms with Crippen LogP contribution in [0.25, 0.3) is 0 Å². The van der Waals surface area contributed by atoms with Crippen LogP contribution in [-0.4, -0.2) is 23.8 Å². The molecule has 1 N–H and O–H groups in total. The molecule has 1 aromatic rings. The first-order chi connectivity index (χ1) is 7.57. The largest absolute Gasteiger partial charge is 0.479 e. The normalized spacial score (nSPS) is 23.9. The predicted octanol–water partition coefficient (Wildman–Crippen LogP) is 2.30. The van der Waals surface area contributed by atoms with Crippen LogP contribution in [0.15, 0.2) is 18.2 Å². The van der Waals surface area contributed by atoms with Crippen molar-refractivity contribution in [2.45, 2.75) is 24.9 Å². The minimum atomic E-state index is -1.09. The summed E-state index contributed by atoms with van der Waals surface area (Å²) in [6.45, 7) is 0. The number of methoxy groups -OCH3 is 1. The van der Waals surface area contributed by atoms with Crippen molar-refractivity contribution < 1.29 is 14.6 Å². The Labute approximate surface area is 99.0 Å². The number of rotatable bonds is 2. The van der Waals surface area contributed by atoms with Crippen LogP contribution in [0.3, 0.4) is 0 Å². The number of hydrogen-bond donors (Lipinski definition) is 1. The van der Waals surface area contributed by atoms with Gasteiger partial charge in [-0.2, -0.15) is 0 Å². The van der Waals surface area contributed by atoms with Crippen molar-refractivity contribution in [3.8, 4) is 0 Å². The van der Waals surface area contributed by atoms with E-state index in [2.05, 4.69) is 0 Å². The van der Waals surface area contributed by atoms with E-state index in [4.69, 9.17) is 16.3 Å². The first kappa shape index (κ1) is 11.4. The van der Waals surface area contributed by atoms with E-state index in [-0.39, 0.29) is 0 Å². The average Bonchev–Trinajstić information content (AvgIpc) is 2.27. The van der Waals surface area contributed by atoms with Crippen molar-refractivity contribution in [2.24, 2.45) is 0 Å². The Morgan fingerprint density at radius 2 is 2.25 bits per heavy atom. The molecule has 0 heterocycles. The highest BCUT2D eigenvalue weighted by molar-refractivity contribution is 6.30. The molecular weight excluding hydrogens is 228 g/mol. The topological polar surface area (TPSA) is 46.5 Å². The molecule has 1 unspecified atom stereocenters. The molecule has 0 fully saturated rings. The van der Waals surface area contributed by atoms with E-state index >= 15 is 0 Å². The van der Waals surface area contributed by atoms with E-state index in [1.807, 2.05) is 18.2 Å². The molecule has 4 heteroatoms. The molecule has 3 nitrogen and oxygen atoms in total. The van der Waals surface area contributed by atoms with Gasteiger partial charge in [-0.05, 0) is 36.1 Å². The third-order valence-electron chi connectivity index (χ3n) is 3.22. The van der Waals surface area contributed by atoms with Gasteiger partial charge in [0.25, 0.3) is 0 Å². The van der Waals surface area contributed by atoms with Crippen molar-refractivity contribution in [2.75, 3.05) is 7.11 Å². The summed E-state index contributed by atoms with van der Waals surface area (Å²) in [5.41, 5.74) is 1.05. The number of ether oxygens (including phenoxy) is 1. The van der Waals surface area contributed by atoms with Crippen LogP contribution in [0.2, 0.25) is 5.02 Å². The molecule has 2 rings (SSSR count).